The second-order valence-corrected chi connectivity index (χ2v) is 7.17. The summed E-state index contributed by atoms with van der Waals surface area (Å²) in [5, 5.41) is 0. The first-order chi connectivity index (χ1) is 11.7. The minimum absolute atomic E-state index is 0.0541. The minimum atomic E-state index is -0.0727. The maximum Gasteiger partial charge on any atom is 0.234 e. The van der Waals surface area contributed by atoms with Crippen LogP contribution in [0.3, 0.4) is 0 Å². The van der Waals surface area contributed by atoms with Gasteiger partial charge in [0, 0.05) is 5.69 Å². The molecule has 4 atom stereocenters. The number of halogens is 1. The molecule has 0 saturated carbocycles. The van der Waals surface area contributed by atoms with Crippen molar-refractivity contribution >= 4 is 27.5 Å². The van der Waals surface area contributed by atoms with Crippen molar-refractivity contribution in [3.8, 4) is 5.75 Å². The lowest BCUT2D eigenvalue weighted by atomic mass is 9.80. The standard InChI is InChI=1S/C19H18BrNO3/c1-23-14-9-7-13(8-10-14)21-17-15(19(21)22)11-24-18(16(17)20)12-5-3-2-4-6-12/h2-10,15-18H,11H2,1H3/t15-,16-,17-,18+/m1/s1. The number of fused-ring (bicyclic) bond motifs is 1. The molecule has 2 heterocycles. The van der Waals surface area contributed by atoms with E-state index in [4.69, 9.17) is 9.47 Å². The van der Waals surface area contributed by atoms with Gasteiger partial charge in [0.05, 0.1) is 36.6 Å². The molecule has 5 heteroatoms. The van der Waals surface area contributed by atoms with Crippen molar-refractivity contribution < 1.29 is 14.3 Å². The average molecular weight is 388 g/mol. The van der Waals surface area contributed by atoms with E-state index in [9.17, 15) is 4.79 Å². The molecule has 4 nitrogen and oxygen atoms in total. The van der Waals surface area contributed by atoms with Crippen LogP contribution in [-0.4, -0.2) is 30.5 Å². The second-order valence-electron chi connectivity index (χ2n) is 6.11. The van der Waals surface area contributed by atoms with Crippen LogP contribution in [0, 0.1) is 5.92 Å². The summed E-state index contributed by atoms with van der Waals surface area (Å²) < 4.78 is 11.2. The van der Waals surface area contributed by atoms with Gasteiger partial charge in [-0.25, -0.2) is 0 Å². The van der Waals surface area contributed by atoms with Crippen LogP contribution >= 0.6 is 15.9 Å². The number of alkyl halides is 1. The van der Waals surface area contributed by atoms with Crippen LogP contribution in [0.15, 0.2) is 54.6 Å². The summed E-state index contributed by atoms with van der Waals surface area (Å²) in [6.07, 6.45) is -0.0544. The Balaban J connectivity index is 1.60. The maximum absolute atomic E-state index is 12.5. The first kappa shape index (κ1) is 15.7. The number of methoxy groups -OCH3 is 1. The number of hydrogen-bond acceptors (Lipinski definition) is 3. The first-order valence-electron chi connectivity index (χ1n) is 7.98. The van der Waals surface area contributed by atoms with E-state index in [1.807, 2.05) is 47.4 Å². The fourth-order valence-corrected chi connectivity index (χ4v) is 4.61. The molecule has 0 radical (unpaired) electrons. The molecule has 24 heavy (non-hydrogen) atoms. The molecule has 2 fully saturated rings. The van der Waals surface area contributed by atoms with Crippen LogP contribution in [0.5, 0.6) is 5.75 Å². The lowest BCUT2D eigenvalue weighted by molar-refractivity contribution is -0.141. The highest BCUT2D eigenvalue weighted by atomic mass is 79.9. The highest BCUT2D eigenvalue weighted by Gasteiger charge is 2.56. The van der Waals surface area contributed by atoms with Crippen LogP contribution in [0.2, 0.25) is 0 Å². The van der Waals surface area contributed by atoms with Crippen LogP contribution in [0.4, 0.5) is 5.69 Å². The zero-order valence-corrected chi connectivity index (χ0v) is 14.8. The molecular formula is C19H18BrNO3. The van der Waals surface area contributed by atoms with Crippen molar-refractivity contribution in [1.82, 2.24) is 0 Å². The van der Waals surface area contributed by atoms with Crippen molar-refractivity contribution in [2.45, 2.75) is 17.0 Å². The fraction of sp³-hybridized carbons (Fsp3) is 0.316. The number of anilines is 1. The number of nitrogens with zero attached hydrogens (tertiary/aromatic N) is 1. The Morgan fingerprint density at radius 3 is 2.50 bits per heavy atom. The van der Waals surface area contributed by atoms with E-state index in [0.717, 1.165) is 17.0 Å². The number of hydrogen-bond donors (Lipinski definition) is 0. The van der Waals surface area contributed by atoms with Crippen molar-refractivity contribution in [3.05, 3.63) is 60.2 Å². The number of rotatable bonds is 3. The van der Waals surface area contributed by atoms with E-state index in [0.29, 0.717) is 6.61 Å². The van der Waals surface area contributed by atoms with Crippen molar-refractivity contribution in [1.29, 1.82) is 0 Å². The molecule has 2 aliphatic heterocycles. The molecule has 0 N–H and O–H groups in total. The fourth-order valence-electron chi connectivity index (χ4n) is 3.55. The van der Waals surface area contributed by atoms with Gasteiger partial charge in [-0.05, 0) is 29.8 Å². The smallest absolute Gasteiger partial charge is 0.234 e. The van der Waals surface area contributed by atoms with Crippen molar-refractivity contribution in [2.75, 3.05) is 18.6 Å². The van der Waals surface area contributed by atoms with Gasteiger partial charge in [0.25, 0.3) is 0 Å². The zero-order chi connectivity index (χ0) is 16.7. The quantitative estimate of drug-likeness (QED) is 0.596. The van der Waals surface area contributed by atoms with Crippen LogP contribution in [-0.2, 0) is 9.53 Å². The van der Waals surface area contributed by atoms with Crippen molar-refractivity contribution in [2.24, 2.45) is 5.92 Å². The van der Waals surface area contributed by atoms with Gasteiger partial charge in [0.2, 0.25) is 5.91 Å². The predicted molar refractivity (Wildman–Crippen MR) is 95.6 cm³/mol. The summed E-state index contributed by atoms with van der Waals surface area (Å²) >= 11 is 3.80. The Morgan fingerprint density at radius 1 is 1.12 bits per heavy atom. The lowest BCUT2D eigenvalue weighted by Crippen LogP contribution is -2.69. The molecule has 0 spiro atoms. The Morgan fingerprint density at radius 2 is 1.83 bits per heavy atom. The van der Waals surface area contributed by atoms with Crippen LogP contribution < -0.4 is 9.64 Å². The van der Waals surface area contributed by atoms with Gasteiger partial charge in [0.1, 0.15) is 5.75 Å². The number of benzene rings is 2. The summed E-state index contributed by atoms with van der Waals surface area (Å²) in [6.45, 7) is 0.470. The molecule has 2 aromatic carbocycles. The highest BCUT2D eigenvalue weighted by Crippen LogP contribution is 2.46. The van der Waals surface area contributed by atoms with E-state index in [-0.39, 0.29) is 28.8 Å². The maximum atomic E-state index is 12.5. The third kappa shape index (κ3) is 2.43. The first-order valence-corrected chi connectivity index (χ1v) is 8.90. The van der Waals surface area contributed by atoms with Gasteiger partial charge in [-0.15, -0.1) is 0 Å². The lowest BCUT2D eigenvalue weighted by Gasteiger charge is -2.53. The molecule has 4 rings (SSSR count). The second kappa shape index (κ2) is 6.22. The average Bonchev–Trinajstić information content (AvgIpc) is 2.63. The Kier molecular flexibility index (Phi) is 4.06. The molecular weight excluding hydrogens is 370 g/mol. The SMILES string of the molecule is COc1ccc(N2C(=O)[C@@H]3CO[C@@H](c4ccccc4)[C@H](Br)[C@@H]32)cc1. The largest absolute Gasteiger partial charge is 0.497 e. The number of ether oxygens (including phenoxy) is 2. The normalized spacial score (nSPS) is 28.9. The third-order valence-corrected chi connectivity index (χ3v) is 5.84. The molecule has 0 bridgehead atoms. The van der Waals surface area contributed by atoms with E-state index >= 15 is 0 Å². The van der Waals surface area contributed by atoms with E-state index < -0.39 is 0 Å². The molecule has 124 valence electrons. The molecule has 1 amide bonds. The van der Waals surface area contributed by atoms with Crippen LogP contribution in [0.1, 0.15) is 11.7 Å². The zero-order valence-electron chi connectivity index (χ0n) is 13.3. The summed E-state index contributed by atoms with van der Waals surface area (Å²) in [7, 11) is 1.64. The van der Waals surface area contributed by atoms with Crippen LogP contribution in [0.25, 0.3) is 0 Å². The van der Waals surface area contributed by atoms with Crippen molar-refractivity contribution in [3.63, 3.8) is 0 Å². The van der Waals surface area contributed by atoms with Gasteiger partial charge in [0.15, 0.2) is 0 Å². The molecule has 0 aromatic heterocycles. The molecule has 2 saturated heterocycles. The van der Waals surface area contributed by atoms with Gasteiger partial charge < -0.3 is 14.4 Å². The highest BCUT2D eigenvalue weighted by molar-refractivity contribution is 9.09. The third-order valence-electron chi connectivity index (χ3n) is 4.81. The summed E-state index contributed by atoms with van der Waals surface area (Å²) in [5.74, 6) is 0.838. The summed E-state index contributed by atoms with van der Waals surface area (Å²) in [5.41, 5.74) is 2.03. The minimum Gasteiger partial charge on any atom is -0.497 e. The number of carbonyl (C=O) groups is 1. The molecule has 2 aliphatic rings. The van der Waals surface area contributed by atoms with E-state index in [1.165, 1.54) is 0 Å². The molecule has 0 unspecified atom stereocenters. The van der Waals surface area contributed by atoms with E-state index in [2.05, 4.69) is 28.1 Å². The van der Waals surface area contributed by atoms with Gasteiger partial charge in [-0.1, -0.05) is 46.3 Å². The Bertz CT molecular complexity index is 734. The van der Waals surface area contributed by atoms with Gasteiger partial charge in [-0.2, -0.15) is 0 Å². The monoisotopic (exact) mass is 387 g/mol. The van der Waals surface area contributed by atoms with Gasteiger partial charge >= 0.3 is 0 Å². The number of carbonyl (C=O) groups excluding carboxylic acids is 1. The predicted octanol–water partition coefficient (Wildman–Crippen LogP) is 3.56. The number of β-lactam (4-membered cyclic amide) rings is 1. The Labute approximate surface area is 149 Å². The summed E-state index contributed by atoms with van der Waals surface area (Å²) in [4.78, 5) is 14.5. The molecule has 0 aliphatic carbocycles. The van der Waals surface area contributed by atoms with Gasteiger partial charge in [-0.3, -0.25) is 4.79 Å². The molecule has 2 aromatic rings. The Hall–Kier alpha value is -1.85. The number of amides is 1. The summed E-state index contributed by atoms with van der Waals surface area (Å²) in [6, 6.07) is 17.9. The van der Waals surface area contributed by atoms with E-state index in [1.54, 1.807) is 7.11 Å². The topological polar surface area (TPSA) is 38.8 Å².